The smallest absolute Gasteiger partial charge is 0.352 e. The number of alkyl halides is 3. The third-order valence-electron chi connectivity index (χ3n) is 5.49. The van der Waals surface area contributed by atoms with Crippen LogP contribution in [0.15, 0.2) is 29.6 Å². The number of nitrogens with zero attached hydrogens (tertiary/aromatic N) is 2. The fourth-order valence-corrected chi connectivity index (χ4v) is 4.49. The maximum Gasteiger partial charge on any atom is 0.416 e. The summed E-state index contributed by atoms with van der Waals surface area (Å²) in [5, 5.41) is 7.63. The van der Waals surface area contributed by atoms with Crippen LogP contribution >= 0.6 is 11.3 Å². The van der Waals surface area contributed by atoms with E-state index in [1.54, 1.807) is 12.3 Å². The molecule has 1 aliphatic rings. The summed E-state index contributed by atoms with van der Waals surface area (Å²) in [4.78, 5) is 43.0. The number of aromatic nitrogens is 1. The summed E-state index contributed by atoms with van der Waals surface area (Å²) in [7, 11) is 0. The average molecular weight is 497 g/mol. The number of aryl methyl sites for hydroxylation is 1. The number of benzene rings is 1. The molecule has 1 aromatic carbocycles. The van der Waals surface area contributed by atoms with Crippen molar-refractivity contribution in [2.45, 2.75) is 64.1 Å². The highest BCUT2D eigenvalue weighted by atomic mass is 32.1. The van der Waals surface area contributed by atoms with Crippen molar-refractivity contribution < 1.29 is 27.6 Å². The van der Waals surface area contributed by atoms with Crippen molar-refractivity contribution in [3.8, 4) is 0 Å². The van der Waals surface area contributed by atoms with Gasteiger partial charge in [-0.25, -0.2) is 4.98 Å². The Morgan fingerprint density at radius 2 is 1.85 bits per heavy atom. The highest BCUT2D eigenvalue weighted by molar-refractivity contribution is 7.13. The van der Waals surface area contributed by atoms with E-state index < -0.39 is 36.0 Å². The second-order valence-electron chi connectivity index (χ2n) is 8.27. The van der Waals surface area contributed by atoms with Gasteiger partial charge in [0, 0.05) is 30.0 Å². The van der Waals surface area contributed by atoms with Gasteiger partial charge in [-0.3, -0.25) is 14.4 Å². The first-order chi connectivity index (χ1) is 16.1. The number of carbonyl (C=O) groups excluding carboxylic acids is 3. The molecule has 1 fully saturated rings. The molecule has 1 aromatic heterocycles. The van der Waals surface area contributed by atoms with E-state index in [1.807, 2.05) is 0 Å². The van der Waals surface area contributed by atoms with Crippen LogP contribution in [0.5, 0.6) is 0 Å². The lowest BCUT2D eigenvalue weighted by Crippen LogP contribution is -2.45. The van der Waals surface area contributed by atoms with E-state index in [-0.39, 0.29) is 24.6 Å². The number of rotatable bonds is 8. The molecule has 2 aromatic rings. The van der Waals surface area contributed by atoms with Gasteiger partial charge in [-0.05, 0) is 38.0 Å². The molecule has 184 valence electrons. The SMILES string of the molecule is Cc1csc(NC(=O)CCC(=O)N(CC(=O)NC2CCCCC2)c2cccc(C(F)(F)F)c2)n1. The minimum absolute atomic E-state index is 0.00718. The van der Waals surface area contributed by atoms with Gasteiger partial charge in [-0.2, -0.15) is 13.2 Å². The van der Waals surface area contributed by atoms with Gasteiger partial charge in [-0.15, -0.1) is 11.3 Å². The number of hydrogen-bond donors (Lipinski definition) is 2. The molecule has 11 heteroatoms. The minimum Gasteiger partial charge on any atom is -0.352 e. The number of anilines is 2. The van der Waals surface area contributed by atoms with E-state index >= 15 is 0 Å². The lowest BCUT2D eigenvalue weighted by molar-refractivity contribution is -0.137. The first-order valence-corrected chi connectivity index (χ1v) is 12.0. The Labute approximate surface area is 199 Å². The molecule has 0 radical (unpaired) electrons. The average Bonchev–Trinajstić information content (AvgIpc) is 3.20. The molecule has 3 rings (SSSR count). The van der Waals surface area contributed by atoms with E-state index in [0.717, 1.165) is 54.8 Å². The van der Waals surface area contributed by atoms with Crippen LogP contribution in [0.1, 0.15) is 56.2 Å². The summed E-state index contributed by atoms with van der Waals surface area (Å²) in [6, 6.07) is 4.27. The Hall–Kier alpha value is -2.95. The molecule has 2 N–H and O–H groups in total. The van der Waals surface area contributed by atoms with Crippen molar-refractivity contribution in [3.05, 3.63) is 40.9 Å². The Balaban J connectivity index is 1.70. The Kier molecular flexibility index (Phi) is 8.65. The van der Waals surface area contributed by atoms with Crippen LogP contribution in [0, 0.1) is 6.92 Å². The zero-order valence-electron chi connectivity index (χ0n) is 18.8. The van der Waals surface area contributed by atoms with Crippen LogP contribution < -0.4 is 15.5 Å². The summed E-state index contributed by atoms with van der Waals surface area (Å²) < 4.78 is 39.7. The molecule has 0 atom stereocenters. The second kappa shape index (κ2) is 11.5. The number of nitrogens with one attached hydrogen (secondary N) is 2. The van der Waals surface area contributed by atoms with Crippen LogP contribution in [0.3, 0.4) is 0 Å². The Bertz CT molecular complexity index is 1020. The van der Waals surface area contributed by atoms with Crippen LogP contribution in [-0.4, -0.2) is 35.3 Å². The summed E-state index contributed by atoms with van der Waals surface area (Å²) >= 11 is 1.25. The molecular formula is C23H27F3N4O3S. The Morgan fingerprint density at radius 1 is 1.12 bits per heavy atom. The standard InChI is InChI=1S/C23H27F3N4O3S/c1-15-14-34-22(27-15)29-19(31)10-11-21(33)30(13-20(32)28-17-7-3-2-4-8-17)18-9-5-6-16(12-18)23(24,25)26/h5-6,9,12,14,17H,2-4,7-8,10-11,13H2,1H3,(H,28,32)(H,27,29,31). The van der Waals surface area contributed by atoms with Crippen molar-refractivity contribution in [2.24, 2.45) is 0 Å². The summed E-state index contributed by atoms with van der Waals surface area (Å²) in [5.41, 5.74) is -0.224. The van der Waals surface area contributed by atoms with Crippen LogP contribution in [0.4, 0.5) is 24.0 Å². The molecule has 0 spiro atoms. The van der Waals surface area contributed by atoms with Gasteiger partial charge in [-0.1, -0.05) is 25.3 Å². The second-order valence-corrected chi connectivity index (χ2v) is 9.13. The largest absolute Gasteiger partial charge is 0.416 e. The Morgan fingerprint density at radius 3 is 2.50 bits per heavy atom. The normalized spacial score (nSPS) is 14.5. The van der Waals surface area contributed by atoms with E-state index in [2.05, 4.69) is 15.6 Å². The molecule has 34 heavy (non-hydrogen) atoms. The molecule has 1 heterocycles. The molecule has 1 saturated carbocycles. The first-order valence-electron chi connectivity index (χ1n) is 11.1. The highest BCUT2D eigenvalue weighted by Crippen LogP contribution is 2.32. The molecule has 0 saturated heterocycles. The quantitative estimate of drug-likeness (QED) is 0.556. The minimum atomic E-state index is -4.60. The lowest BCUT2D eigenvalue weighted by atomic mass is 9.95. The molecule has 0 unspecified atom stereocenters. The summed E-state index contributed by atoms with van der Waals surface area (Å²) in [6.07, 6.45) is -0.311. The van der Waals surface area contributed by atoms with E-state index in [9.17, 15) is 27.6 Å². The highest BCUT2D eigenvalue weighted by Gasteiger charge is 2.32. The molecule has 3 amide bonds. The van der Waals surface area contributed by atoms with Crippen LogP contribution in [-0.2, 0) is 20.6 Å². The zero-order valence-corrected chi connectivity index (χ0v) is 19.6. The monoisotopic (exact) mass is 496 g/mol. The number of halogens is 3. The van der Waals surface area contributed by atoms with Crippen LogP contribution in [0.25, 0.3) is 0 Å². The van der Waals surface area contributed by atoms with Gasteiger partial charge in [0.05, 0.1) is 11.3 Å². The van der Waals surface area contributed by atoms with Crippen molar-refractivity contribution in [1.29, 1.82) is 0 Å². The summed E-state index contributed by atoms with van der Waals surface area (Å²) in [5.74, 6) is -1.51. The topological polar surface area (TPSA) is 91.4 Å². The predicted octanol–water partition coefficient (Wildman–Crippen LogP) is 4.67. The van der Waals surface area contributed by atoms with Gasteiger partial charge < -0.3 is 15.5 Å². The van der Waals surface area contributed by atoms with E-state index in [4.69, 9.17) is 0 Å². The van der Waals surface area contributed by atoms with Gasteiger partial charge in [0.15, 0.2) is 5.13 Å². The number of hydrogen-bond acceptors (Lipinski definition) is 5. The van der Waals surface area contributed by atoms with Gasteiger partial charge in [0.25, 0.3) is 0 Å². The van der Waals surface area contributed by atoms with Crippen molar-refractivity contribution in [1.82, 2.24) is 10.3 Å². The molecule has 1 aliphatic carbocycles. The zero-order chi connectivity index (χ0) is 24.7. The van der Waals surface area contributed by atoms with Crippen molar-refractivity contribution >= 4 is 39.9 Å². The van der Waals surface area contributed by atoms with Gasteiger partial charge in [0.1, 0.15) is 6.54 Å². The van der Waals surface area contributed by atoms with Gasteiger partial charge in [0.2, 0.25) is 17.7 Å². The fourth-order valence-electron chi connectivity index (χ4n) is 3.79. The molecule has 0 bridgehead atoms. The predicted molar refractivity (Wildman–Crippen MR) is 124 cm³/mol. The van der Waals surface area contributed by atoms with Crippen molar-refractivity contribution in [3.63, 3.8) is 0 Å². The first kappa shape index (κ1) is 25.7. The van der Waals surface area contributed by atoms with E-state index in [1.165, 1.54) is 23.5 Å². The number of thiazole rings is 1. The van der Waals surface area contributed by atoms with Crippen LogP contribution in [0.2, 0.25) is 0 Å². The van der Waals surface area contributed by atoms with E-state index in [0.29, 0.717) is 5.13 Å². The third-order valence-corrected chi connectivity index (χ3v) is 6.37. The number of carbonyl (C=O) groups is 3. The molecule has 0 aliphatic heterocycles. The van der Waals surface area contributed by atoms with Crippen molar-refractivity contribution in [2.75, 3.05) is 16.8 Å². The number of amides is 3. The maximum atomic E-state index is 13.2. The fraction of sp³-hybridized carbons (Fsp3) is 0.478. The molecule has 7 nitrogen and oxygen atoms in total. The lowest BCUT2D eigenvalue weighted by Gasteiger charge is -2.26. The maximum absolute atomic E-state index is 13.2. The van der Waals surface area contributed by atoms with Gasteiger partial charge >= 0.3 is 6.18 Å². The third kappa shape index (κ3) is 7.54. The molecular weight excluding hydrogens is 469 g/mol. The summed E-state index contributed by atoms with van der Waals surface area (Å²) in [6.45, 7) is 1.35.